The van der Waals surface area contributed by atoms with E-state index in [1.165, 1.54) is 6.07 Å². The lowest BCUT2D eigenvalue weighted by Crippen LogP contribution is -2.11. The van der Waals surface area contributed by atoms with Gasteiger partial charge in [0.2, 0.25) is 0 Å². The first-order valence-corrected chi connectivity index (χ1v) is 4.88. The van der Waals surface area contributed by atoms with E-state index in [0.717, 1.165) is 0 Å². The number of carbonyl (C=O) groups is 1. The standard InChI is InChI=1S/C11H14FNO2.ClH/c1-2-15-11(14)7-8-13-10-6-4-3-5-9(10)12;/h3-6,13H,2,7-8H2,1H3;1H. The number of rotatable bonds is 5. The zero-order chi connectivity index (χ0) is 11.1. The Kier molecular flexibility index (Phi) is 7.29. The molecule has 0 aromatic heterocycles. The molecular formula is C11H15ClFNO2. The SMILES string of the molecule is CCOC(=O)CCNc1ccccc1F.Cl. The third kappa shape index (κ3) is 4.98. The highest BCUT2D eigenvalue weighted by Gasteiger charge is 2.02. The van der Waals surface area contributed by atoms with Crippen LogP contribution < -0.4 is 5.32 Å². The molecule has 0 radical (unpaired) electrons. The highest BCUT2D eigenvalue weighted by Crippen LogP contribution is 2.11. The molecule has 0 fully saturated rings. The first-order valence-electron chi connectivity index (χ1n) is 4.88. The third-order valence-corrected chi connectivity index (χ3v) is 1.82. The zero-order valence-corrected chi connectivity index (χ0v) is 9.85. The highest BCUT2D eigenvalue weighted by molar-refractivity contribution is 5.85. The van der Waals surface area contributed by atoms with Crippen molar-refractivity contribution in [3.63, 3.8) is 0 Å². The summed E-state index contributed by atoms with van der Waals surface area (Å²) in [6.07, 6.45) is 0.238. The van der Waals surface area contributed by atoms with Crippen LogP contribution in [0.2, 0.25) is 0 Å². The van der Waals surface area contributed by atoms with E-state index in [9.17, 15) is 9.18 Å². The summed E-state index contributed by atoms with van der Waals surface area (Å²) in [4.78, 5) is 11.0. The summed E-state index contributed by atoms with van der Waals surface area (Å²) >= 11 is 0. The maximum atomic E-state index is 13.1. The third-order valence-electron chi connectivity index (χ3n) is 1.82. The van der Waals surface area contributed by atoms with Gasteiger partial charge in [0, 0.05) is 6.54 Å². The second-order valence-electron chi connectivity index (χ2n) is 2.96. The maximum Gasteiger partial charge on any atom is 0.307 e. The van der Waals surface area contributed by atoms with Gasteiger partial charge in [0.25, 0.3) is 0 Å². The van der Waals surface area contributed by atoms with Gasteiger partial charge in [-0.15, -0.1) is 12.4 Å². The van der Waals surface area contributed by atoms with Crippen LogP contribution >= 0.6 is 12.4 Å². The molecule has 16 heavy (non-hydrogen) atoms. The monoisotopic (exact) mass is 247 g/mol. The van der Waals surface area contributed by atoms with Crippen molar-refractivity contribution in [2.75, 3.05) is 18.5 Å². The molecule has 1 aromatic rings. The van der Waals surface area contributed by atoms with Crippen LogP contribution in [0.25, 0.3) is 0 Å². The number of hydrogen-bond donors (Lipinski definition) is 1. The summed E-state index contributed by atoms with van der Waals surface area (Å²) in [6.45, 7) is 2.50. The molecule has 5 heteroatoms. The predicted octanol–water partition coefficient (Wildman–Crippen LogP) is 2.61. The van der Waals surface area contributed by atoms with Gasteiger partial charge in [0.1, 0.15) is 5.82 Å². The zero-order valence-electron chi connectivity index (χ0n) is 9.03. The van der Waals surface area contributed by atoms with Gasteiger partial charge in [-0.2, -0.15) is 0 Å². The van der Waals surface area contributed by atoms with Gasteiger partial charge in [-0.3, -0.25) is 4.79 Å². The maximum absolute atomic E-state index is 13.1. The van der Waals surface area contributed by atoms with Crippen molar-refractivity contribution >= 4 is 24.1 Å². The van der Waals surface area contributed by atoms with E-state index in [1.807, 2.05) is 0 Å². The van der Waals surface area contributed by atoms with Crippen LogP contribution in [0.15, 0.2) is 24.3 Å². The number of ether oxygens (including phenoxy) is 1. The number of benzene rings is 1. The molecule has 0 aliphatic rings. The molecular weight excluding hydrogens is 233 g/mol. The molecule has 0 heterocycles. The number of hydrogen-bond acceptors (Lipinski definition) is 3. The van der Waals surface area contributed by atoms with E-state index in [4.69, 9.17) is 4.74 Å². The highest BCUT2D eigenvalue weighted by atomic mass is 35.5. The molecule has 3 nitrogen and oxygen atoms in total. The normalized spacial score (nSPS) is 9.12. The number of carbonyl (C=O) groups excluding carboxylic acids is 1. The first-order chi connectivity index (χ1) is 7.24. The number of esters is 1. The molecule has 0 unspecified atom stereocenters. The molecule has 0 aliphatic carbocycles. The van der Waals surface area contributed by atoms with E-state index in [2.05, 4.69) is 5.32 Å². The summed E-state index contributed by atoms with van der Waals surface area (Å²) in [5.41, 5.74) is 0.404. The Balaban J connectivity index is 0.00000225. The predicted molar refractivity (Wildman–Crippen MR) is 63.4 cm³/mol. The Morgan fingerprint density at radius 2 is 2.12 bits per heavy atom. The van der Waals surface area contributed by atoms with Crippen molar-refractivity contribution in [3.05, 3.63) is 30.1 Å². The molecule has 0 saturated carbocycles. The fraction of sp³-hybridized carbons (Fsp3) is 0.364. The Morgan fingerprint density at radius 3 is 2.75 bits per heavy atom. The summed E-state index contributed by atoms with van der Waals surface area (Å²) in [5.74, 6) is -0.595. The van der Waals surface area contributed by atoms with Crippen molar-refractivity contribution in [3.8, 4) is 0 Å². The van der Waals surface area contributed by atoms with Gasteiger partial charge in [0.15, 0.2) is 0 Å². The van der Waals surface area contributed by atoms with E-state index in [1.54, 1.807) is 25.1 Å². The Bertz CT molecular complexity index is 334. The summed E-state index contributed by atoms with van der Waals surface area (Å²) in [5, 5.41) is 2.83. The van der Waals surface area contributed by atoms with E-state index in [0.29, 0.717) is 18.8 Å². The Hall–Kier alpha value is -1.29. The summed E-state index contributed by atoms with van der Waals surface area (Å²) in [7, 11) is 0. The van der Waals surface area contributed by atoms with Crippen LogP contribution in [-0.2, 0) is 9.53 Å². The minimum atomic E-state index is -0.318. The van der Waals surface area contributed by atoms with Crippen LogP contribution in [0, 0.1) is 5.82 Å². The van der Waals surface area contributed by atoms with Crippen molar-refractivity contribution in [1.29, 1.82) is 0 Å². The van der Waals surface area contributed by atoms with Crippen LogP contribution in [0.3, 0.4) is 0 Å². The lowest BCUT2D eigenvalue weighted by Gasteiger charge is -2.06. The van der Waals surface area contributed by atoms with Gasteiger partial charge in [-0.1, -0.05) is 12.1 Å². The van der Waals surface area contributed by atoms with Crippen LogP contribution in [0.1, 0.15) is 13.3 Å². The number of para-hydroxylation sites is 1. The minimum Gasteiger partial charge on any atom is -0.466 e. The second-order valence-corrected chi connectivity index (χ2v) is 2.96. The molecule has 1 N–H and O–H groups in total. The van der Waals surface area contributed by atoms with E-state index < -0.39 is 0 Å². The lowest BCUT2D eigenvalue weighted by molar-refractivity contribution is -0.142. The van der Waals surface area contributed by atoms with Crippen LogP contribution in [0.5, 0.6) is 0 Å². The average Bonchev–Trinajstić information content (AvgIpc) is 2.21. The fourth-order valence-electron chi connectivity index (χ4n) is 1.14. The largest absolute Gasteiger partial charge is 0.466 e. The van der Waals surface area contributed by atoms with Gasteiger partial charge in [-0.25, -0.2) is 4.39 Å². The molecule has 1 aromatic carbocycles. The van der Waals surface area contributed by atoms with Crippen molar-refractivity contribution < 1.29 is 13.9 Å². The van der Waals surface area contributed by atoms with Crippen molar-refractivity contribution in [2.24, 2.45) is 0 Å². The lowest BCUT2D eigenvalue weighted by atomic mass is 10.3. The van der Waals surface area contributed by atoms with Crippen LogP contribution in [-0.4, -0.2) is 19.1 Å². The van der Waals surface area contributed by atoms with Crippen LogP contribution in [0.4, 0.5) is 10.1 Å². The molecule has 0 bridgehead atoms. The number of nitrogens with one attached hydrogen (secondary N) is 1. The molecule has 0 amide bonds. The molecule has 90 valence electrons. The minimum absolute atomic E-state index is 0. The van der Waals surface area contributed by atoms with Crippen molar-refractivity contribution in [1.82, 2.24) is 0 Å². The van der Waals surface area contributed by atoms with Gasteiger partial charge < -0.3 is 10.1 Å². The molecule has 0 atom stereocenters. The molecule has 0 spiro atoms. The average molecular weight is 248 g/mol. The second kappa shape index (κ2) is 7.93. The van der Waals surface area contributed by atoms with Gasteiger partial charge in [0.05, 0.1) is 18.7 Å². The van der Waals surface area contributed by atoms with Gasteiger partial charge >= 0.3 is 5.97 Å². The molecule has 1 rings (SSSR count). The molecule has 0 aliphatic heterocycles. The van der Waals surface area contributed by atoms with Gasteiger partial charge in [-0.05, 0) is 19.1 Å². The summed E-state index contributed by atoms with van der Waals surface area (Å²) in [6, 6.07) is 6.34. The molecule has 0 saturated heterocycles. The Labute approximate surface area is 100 Å². The van der Waals surface area contributed by atoms with E-state index in [-0.39, 0.29) is 30.6 Å². The number of anilines is 1. The number of halogens is 2. The first kappa shape index (κ1) is 14.7. The fourth-order valence-corrected chi connectivity index (χ4v) is 1.14. The van der Waals surface area contributed by atoms with E-state index >= 15 is 0 Å². The topological polar surface area (TPSA) is 38.3 Å². The quantitative estimate of drug-likeness (QED) is 0.813. The Morgan fingerprint density at radius 1 is 1.44 bits per heavy atom. The summed E-state index contributed by atoms with van der Waals surface area (Å²) < 4.78 is 17.8. The van der Waals surface area contributed by atoms with Crippen molar-refractivity contribution in [2.45, 2.75) is 13.3 Å². The smallest absolute Gasteiger partial charge is 0.307 e.